The van der Waals surface area contributed by atoms with E-state index in [0.29, 0.717) is 0 Å². The van der Waals surface area contributed by atoms with E-state index in [4.69, 9.17) is 0 Å². The second-order valence-corrected chi connectivity index (χ2v) is 20.7. The van der Waals surface area contributed by atoms with Gasteiger partial charge in [0.1, 0.15) is 0 Å². The van der Waals surface area contributed by atoms with Gasteiger partial charge < -0.3 is 0 Å². The average molecular weight is 959 g/mol. The SMILES string of the molecule is c1cc(-c2ccc(-c3cccc(-c4ccc5ccc6c(-c7ccc8ccccc8c7)ccc7ccc4c5c76)c3)cc2)cc(-c2ccc3ccc4c(-c5cccc(-c6ccc7ccccc7c6)c5)ccc5ccc2c3c54)c1. The molecule has 0 N–H and O–H groups in total. The molecule has 0 saturated carbocycles. The van der Waals surface area contributed by atoms with Crippen molar-refractivity contribution >= 4 is 86.2 Å². The molecule has 0 aliphatic carbocycles. The molecule has 0 aliphatic heterocycles. The van der Waals surface area contributed by atoms with Crippen LogP contribution in [-0.4, -0.2) is 0 Å². The summed E-state index contributed by atoms with van der Waals surface area (Å²) in [6.45, 7) is 0. The zero-order valence-corrected chi connectivity index (χ0v) is 41.6. The van der Waals surface area contributed by atoms with Crippen LogP contribution in [0.1, 0.15) is 0 Å². The maximum absolute atomic E-state index is 2.37. The van der Waals surface area contributed by atoms with Crippen LogP contribution in [0.5, 0.6) is 0 Å². The zero-order chi connectivity index (χ0) is 49.8. The van der Waals surface area contributed by atoms with Crippen molar-refractivity contribution in [3.05, 3.63) is 279 Å². The third kappa shape index (κ3) is 6.78. The Morgan fingerprint density at radius 3 is 0.763 bits per heavy atom. The minimum atomic E-state index is 1.20. The lowest BCUT2D eigenvalue weighted by atomic mass is 9.86. The summed E-state index contributed by atoms with van der Waals surface area (Å²) >= 11 is 0. The van der Waals surface area contributed by atoms with Gasteiger partial charge in [-0.2, -0.15) is 0 Å². The quantitative estimate of drug-likeness (QED) is 0.140. The lowest BCUT2D eigenvalue weighted by Crippen LogP contribution is -1.90. The maximum Gasteiger partial charge on any atom is -0.00203 e. The van der Waals surface area contributed by atoms with Crippen LogP contribution in [0, 0.1) is 0 Å². The van der Waals surface area contributed by atoms with E-state index < -0.39 is 0 Å². The summed E-state index contributed by atoms with van der Waals surface area (Å²) in [5.41, 5.74) is 17.2. The summed E-state index contributed by atoms with van der Waals surface area (Å²) in [6, 6.07) is 104. The van der Waals surface area contributed by atoms with E-state index in [0.717, 1.165) is 0 Å². The topological polar surface area (TPSA) is 0 Å². The second kappa shape index (κ2) is 16.8. The molecule has 0 aromatic heterocycles. The van der Waals surface area contributed by atoms with E-state index in [1.165, 1.54) is 164 Å². The van der Waals surface area contributed by atoms with Crippen molar-refractivity contribution in [2.45, 2.75) is 0 Å². The second-order valence-electron chi connectivity index (χ2n) is 20.7. The molecular weight excluding hydrogens is 913 g/mol. The van der Waals surface area contributed by atoms with Gasteiger partial charge in [-0.25, -0.2) is 0 Å². The summed E-state index contributed by atoms with van der Waals surface area (Å²) in [4.78, 5) is 0. The van der Waals surface area contributed by atoms with Crippen molar-refractivity contribution in [1.82, 2.24) is 0 Å². The smallest absolute Gasteiger partial charge is 0.00203 e. The predicted octanol–water partition coefficient (Wildman–Crippen LogP) is 21.5. The zero-order valence-electron chi connectivity index (χ0n) is 41.6. The summed E-state index contributed by atoms with van der Waals surface area (Å²) in [5, 5.41) is 20.6. The van der Waals surface area contributed by atoms with Crippen LogP contribution in [0.4, 0.5) is 0 Å². The Bertz CT molecular complexity index is 4980. The number of rotatable bonds is 7. The molecule has 350 valence electrons. The molecule has 0 heterocycles. The monoisotopic (exact) mass is 958 g/mol. The van der Waals surface area contributed by atoms with Gasteiger partial charge in [0, 0.05) is 0 Å². The molecule has 0 atom stereocenters. The lowest BCUT2D eigenvalue weighted by Gasteiger charge is -2.17. The van der Waals surface area contributed by atoms with Crippen molar-refractivity contribution in [2.24, 2.45) is 0 Å². The van der Waals surface area contributed by atoms with Gasteiger partial charge in [-0.1, -0.05) is 249 Å². The van der Waals surface area contributed by atoms with Crippen molar-refractivity contribution in [1.29, 1.82) is 0 Å². The van der Waals surface area contributed by atoms with Crippen LogP contribution in [0.25, 0.3) is 164 Å². The number of fused-ring (bicyclic) bond motifs is 2. The lowest BCUT2D eigenvalue weighted by molar-refractivity contribution is 1.58. The van der Waals surface area contributed by atoms with Gasteiger partial charge in [-0.05, 0) is 194 Å². The van der Waals surface area contributed by atoms with Crippen LogP contribution in [0.2, 0.25) is 0 Å². The molecule has 0 radical (unpaired) electrons. The Kier molecular flexibility index (Phi) is 9.44. The minimum Gasteiger partial charge on any atom is -0.0616 e. The molecular formula is C76H46. The van der Waals surface area contributed by atoms with Gasteiger partial charge in [-0.15, -0.1) is 0 Å². The van der Waals surface area contributed by atoms with E-state index in [1.807, 2.05) is 0 Å². The largest absolute Gasteiger partial charge is 0.0616 e. The van der Waals surface area contributed by atoms with Gasteiger partial charge in [0.25, 0.3) is 0 Å². The van der Waals surface area contributed by atoms with Crippen LogP contribution in [-0.2, 0) is 0 Å². The Hall–Kier alpha value is -9.88. The molecule has 76 heavy (non-hydrogen) atoms. The average Bonchev–Trinajstić information content (AvgIpc) is 3.58. The molecule has 0 aliphatic rings. The van der Waals surface area contributed by atoms with E-state index in [1.54, 1.807) is 0 Å². The maximum atomic E-state index is 2.37. The first-order valence-electron chi connectivity index (χ1n) is 26.5. The summed E-state index contributed by atoms with van der Waals surface area (Å²) in [6.07, 6.45) is 0. The number of benzene rings is 16. The number of hydrogen-bond donors (Lipinski definition) is 0. The summed E-state index contributed by atoms with van der Waals surface area (Å²) in [7, 11) is 0. The number of hydrogen-bond acceptors (Lipinski definition) is 0. The highest BCUT2D eigenvalue weighted by Crippen LogP contribution is 2.46. The molecule has 16 aromatic rings. The van der Waals surface area contributed by atoms with E-state index in [2.05, 4.69) is 279 Å². The highest BCUT2D eigenvalue weighted by atomic mass is 14.2. The molecule has 0 heteroatoms. The fourth-order valence-electron chi connectivity index (χ4n) is 12.8. The normalized spacial score (nSPS) is 11.9. The fraction of sp³-hybridized carbons (Fsp3) is 0. The third-order valence-corrected chi connectivity index (χ3v) is 16.5. The Morgan fingerprint density at radius 1 is 0.132 bits per heavy atom. The molecule has 0 saturated heterocycles. The van der Waals surface area contributed by atoms with Crippen molar-refractivity contribution in [2.75, 3.05) is 0 Å². The van der Waals surface area contributed by atoms with Gasteiger partial charge in [0.2, 0.25) is 0 Å². The standard InChI is InChI=1S/C76H46/c1-3-10-55-42-60(24-22-47(55)8-1)59-14-7-17-63(46-59)67-36-28-52-30-38-69-65(34-26-51-31-40-71(67)74(52)73(51)69)61-15-5-12-57(43-61)49-18-20-50(21-19-49)58-13-6-16-62(44-58)66-35-27-53-33-41-72-68(37-29-54-32-39-70(66)75(53)76(54)72)64-25-23-48-9-2-4-11-56(48)45-64/h1-46H. The molecule has 0 unspecified atom stereocenters. The molecule has 0 amide bonds. The minimum absolute atomic E-state index is 1.20. The molecule has 0 nitrogen and oxygen atoms in total. The summed E-state index contributed by atoms with van der Waals surface area (Å²) < 4.78 is 0. The predicted molar refractivity (Wildman–Crippen MR) is 327 cm³/mol. The summed E-state index contributed by atoms with van der Waals surface area (Å²) in [5.74, 6) is 0. The first-order chi connectivity index (χ1) is 37.6. The molecule has 16 rings (SSSR count). The molecule has 16 aromatic carbocycles. The van der Waals surface area contributed by atoms with E-state index >= 15 is 0 Å². The third-order valence-electron chi connectivity index (χ3n) is 16.5. The van der Waals surface area contributed by atoms with E-state index in [9.17, 15) is 0 Å². The van der Waals surface area contributed by atoms with Gasteiger partial charge in [-0.3, -0.25) is 0 Å². The molecule has 0 spiro atoms. The first kappa shape index (κ1) is 42.6. The van der Waals surface area contributed by atoms with Crippen LogP contribution in [0.3, 0.4) is 0 Å². The van der Waals surface area contributed by atoms with Crippen LogP contribution >= 0.6 is 0 Å². The highest BCUT2D eigenvalue weighted by Gasteiger charge is 2.18. The molecule has 0 bridgehead atoms. The Labute approximate surface area is 440 Å². The van der Waals surface area contributed by atoms with Gasteiger partial charge >= 0.3 is 0 Å². The van der Waals surface area contributed by atoms with Crippen LogP contribution < -0.4 is 0 Å². The molecule has 0 fully saturated rings. The Morgan fingerprint density at radius 2 is 0.382 bits per heavy atom. The fourth-order valence-corrected chi connectivity index (χ4v) is 12.8. The van der Waals surface area contributed by atoms with Crippen molar-refractivity contribution in [3.63, 3.8) is 0 Å². The van der Waals surface area contributed by atoms with Gasteiger partial charge in [0.05, 0.1) is 0 Å². The first-order valence-corrected chi connectivity index (χ1v) is 26.5. The van der Waals surface area contributed by atoms with Gasteiger partial charge in [0.15, 0.2) is 0 Å². The van der Waals surface area contributed by atoms with Crippen molar-refractivity contribution in [3.8, 4) is 77.9 Å². The Balaban J connectivity index is 0.721. The highest BCUT2D eigenvalue weighted by molar-refractivity contribution is 6.29. The van der Waals surface area contributed by atoms with E-state index in [-0.39, 0.29) is 0 Å². The van der Waals surface area contributed by atoms with Crippen LogP contribution in [0.15, 0.2) is 279 Å². The van der Waals surface area contributed by atoms with Crippen molar-refractivity contribution < 1.29 is 0 Å².